The van der Waals surface area contributed by atoms with Crippen LogP contribution in [-0.4, -0.2) is 36.5 Å². The Bertz CT molecular complexity index is 968. The van der Waals surface area contributed by atoms with Gasteiger partial charge in [0, 0.05) is 18.0 Å². The first-order valence-corrected chi connectivity index (χ1v) is 8.24. The van der Waals surface area contributed by atoms with Gasteiger partial charge < -0.3 is 10.4 Å². The number of nitrogens with zero attached hydrogens (tertiary/aromatic N) is 4. The van der Waals surface area contributed by atoms with Crippen molar-refractivity contribution in [2.24, 2.45) is 0 Å². The molecule has 2 heterocycles. The highest BCUT2D eigenvalue weighted by atomic mass is 79.9. The van der Waals surface area contributed by atoms with E-state index in [-0.39, 0.29) is 30.4 Å². The molecule has 0 unspecified atom stereocenters. The SMILES string of the molecule is O=C(O)Cn1ccc(C(=O)Nc2nn(Cc3ccccc3F)cc2Br)n1. The number of aliphatic carboxylic acids is 1. The van der Waals surface area contributed by atoms with Gasteiger partial charge in [0.2, 0.25) is 0 Å². The molecule has 3 aromatic rings. The molecule has 1 aromatic carbocycles. The molecule has 0 spiro atoms. The van der Waals surface area contributed by atoms with Crippen LogP contribution in [0.15, 0.2) is 47.2 Å². The van der Waals surface area contributed by atoms with Crippen molar-refractivity contribution in [2.75, 3.05) is 5.32 Å². The summed E-state index contributed by atoms with van der Waals surface area (Å²) in [5.74, 6) is -1.69. The lowest BCUT2D eigenvalue weighted by molar-refractivity contribution is -0.137. The van der Waals surface area contributed by atoms with Crippen molar-refractivity contribution in [1.29, 1.82) is 0 Å². The van der Waals surface area contributed by atoms with Gasteiger partial charge in [-0.05, 0) is 28.1 Å². The van der Waals surface area contributed by atoms with Crippen molar-refractivity contribution < 1.29 is 19.1 Å². The summed E-state index contributed by atoms with van der Waals surface area (Å²) in [6.07, 6.45) is 3.01. The lowest BCUT2D eigenvalue weighted by Gasteiger charge is -2.03. The molecule has 8 nitrogen and oxygen atoms in total. The van der Waals surface area contributed by atoms with E-state index in [9.17, 15) is 14.0 Å². The van der Waals surface area contributed by atoms with Gasteiger partial charge in [0.1, 0.15) is 12.4 Å². The lowest BCUT2D eigenvalue weighted by Crippen LogP contribution is -2.15. The fourth-order valence-corrected chi connectivity index (χ4v) is 2.66. The van der Waals surface area contributed by atoms with E-state index in [1.807, 2.05) is 0 Å². The molecule has 0 bridgehead atoms. The molecule has 0 aliphatic rings. The molecule has 0 atom stereocenters. The Labute approximate surface area is 155 Å². The second kappa shape index (κ2) is 7.48. The topological polar surface area (TPSA) is 102 Å². The number of nitrogens with one attached hydrogen (secondary N) is 1. The number of anilines is 1. The Morgan fingerprint density at radius 3 is 2.69 bits per heavy atom. The first kappa shape index (κ1) is 17.8. The summed E-state index contributed by atoms with van der Waals surface area (Å²) in [6.45, 7) is -0.136. The fourth-order valence-electron chi connectivity index (χ4n) is 2.24. The maximum Gasteiger partial charge on any atom is 0.325 e. The fraction of sp³-hybridized carbons (Fsp3) is 0.125. The number of amides is 1. The summed E-state index contributed by atoms with van der Waals surface area (Å²) in [5.41, 5.74) is 0.523. The van der Waals surface area contributed by atoms with Gasteiger partial charge in [0.25, 0.3) is 5.91 Å². The number of carbonyl (C=O) groups excluding carboxylic acids is 1. The molecule has 26 heavy (non-hydrogen) atoms. The van der Waals surface area contributed by atoms with E-state index in [1.165, 1.54) is 23.0 Å². The molecule has 2 aromatic heterocycles. The van der Waals surface area contributed by atoms with Crippen molar-refractivity contribution >= 4 is 33.6 Å². The van der Waals surface area contributed by atoms with Crippen LogP contribution in [-0.2, 0) is 17.9 Å². The van der Waals surface area contributed by atoms with E-state index in [0.29, 0.717) is 10.0 Å². The minimum Gasteiger partial charge on any atom is -0.480 e. The largest absolute Gasteiger partial charge is 0.480 e. The number of carboxylic acid groups (broad SMARTS) is 1. The van der Waals surface area contributed by atoms with Crippen LogP contribution >= 0.6 is 15.9 Å². The standard InChI is InChI=1S/C16H13BrFN5O3/c17-11-8-23(7-10-3-1-2-4-12(10)18)21-15(11)19-16(26)13-5-6-22(20-13)9-14(24)25/h1-6,8H,7,9H2,(H,24,25)(H,19,21,26). The van der Waals surface area contributed by atoms with Crippen molar-refractivity contribution in [2.45, 2.75) is 13.1 Å². The Morgan fingerprint density at radius 2 is 1.96 bits per heavy atom. The summed E-state index contributed by atoms with van der Waals surface area (Å²) in [4.78, 5) is 22.9. The predicted molar refractivity (Wildman–Crippen MR) is 93.2 cm³/mol. The number of hydrogen-bond donors (Lipinski definition) is 2. The normalized spacial score (nSPS) is 10.7. The minimum atomic E-state index is -1.06. The van der Waals surface area contributed by atoms with Gasteiger partial charge in [-0.3, -0.25) is 19.0 Å². The molecule has 0 aliphatic carbocycles. The Morgan fingerprint density at radius 1 is 1.19 bits per heavy atom. The predicted octanol–water partition coefficient (Wildman–Crippen LogP) is 2.37. The second-order valence-electron chi connectivity index (χ2n) is 5.36. The lowest BCUT2D eigenvalue weighted by atomic mass is 10.2. The molecular weight excluding hydrogens is 409 g/mol. The number of halogens is 2. The summed E-state index contributed by atoms with van der Waals surface area (Å²) in [5, 5.41) is 19.4. The van der Waals surface area contributed by atoms with Gasteiger partial charge in [-0.15, -0.1) is 0 Å². The summed E-state index contributed by atoms with van der Waals surface area (Å²) >= 11 is 3.29. The molecule has 1 amide bonds. The van der Waals surface area contributed by atoms with Crippen LogP contribution < -0.4 is 5.32 Å². The van der Waals surface area contributed by atoms with E-state index in [0.717, 1.165) is 4.68 Å². The number of benzene rings is 1. The zero-order chi connectivity index (χ0) is 18.7. The van der Waals surface area contributed by atoms with Crippen molar-refractivity contribution in [1.82, 2.24) is 19.6 Å². The van der Waals surface area contributed by atoms with E-state index in [2.05, 4.69) is 31.4 Å². The molecule has 0 saturated carbocycles. The number of carboxylic acids is 1. The van der Waals surface area contributed by atoms with Crippen molar-refractivity contribution in [3.05, 3.63) is 64.3 Å². The van der Waals surface area contributed by atoms with Gasteiger partial charge in [-0.25, -0.2) is 4.39 Å². The second-order valence-corrected chi connectivity index (χ2v) is 6.22. The van der Waals surface area contributed by atoms with Crippen molar-refractivity contribution in [3.8, 4) is 0 Å². The molecule has 134 valence electrons. The average molecular weight is 422 g/mol. The minimum absolute atomic E-state index is 0.0572. The van der Waals surface area contributed by atoms with E-state index in [1.54, 1.807) is 24.4 Å². The Kier molecular flexibility index (Phi) is 5.12. The highest BCUT2D eigenvalue weighted by Crippen LogP contribution is 2.21. The van der Waals surface area contributed by atoms with Crippen LogP contribution in [0.25, 0.3) is 0 Å². The molecule has 0 fully saturated rings. The summed E-state index contributed by atoms with van der Waals surface area (Å²) < 4.78 is 16.9. The molecule has 0 saturated heterocycles. The summed E-state index contributed by atoms with van der Waals surface area (Å²) in [6, 6.07) is 7.75. The maximum atomic E-state index is 13.7. The highest BCUT2D eigenvalue weighted by molar-refractivity contribution is 9.10. The monoisotopic (exact) mass is 421 g/mol. The van der Waals surface area contributed by atoms with Crippen LogP contribution in [0.2, 0.25) is 0 Å². The third kappa shape index (κ3) is 4.14. The first-order valence-electron chi connectivity index (χ1n) is 7.45. The van der Waals surface area contributed by atoms with Crippen LogP contribution in [0, 0.1) is 5.82 Å². The number of rotatable bonds is 6. The van der Waals surface area contributed by atoms with Gasteiger partial charge in [-0.1, -0.05) is 18.2 Å². The molecule has 3 rings (SSSR count). The van der Waals surface area contributed by atoms with E-state index in [4.69, 9.17) is 5.11 Å². The molecular formula is C16H13BrFN5O3. The van der Waals surface area contributed by atoms with E-state index < -0.39 is 11.9 Å². The molecule has 2 N–H and O–H groups in total. The molecule has 10 heteroatoms. The van der Waals surface area contributed by atoms with Crippen molar-refractivity contribution in [3.63, 3.8) is 0 Å². The Balaban J connectivity index is 1.71. The quantitative estimate of drug-likeness (QED) is 0.635. The third-order valence-corrected chi connectivity index (χ3v) is 3.99. The first-order chi connectivity index (χ1) is 12.4. The molecule has 0 aliphatic heterocycles. The zero-order valence-corrected chi connectivity index (χ0v) is 14.9. The van der Waals surface area contributed by atoms with Gasteiger partial charge in [0.05, 0.1) is 11.0 Å². The maximum absolute atomic E-state index is 13.7. The number of carbonyl (C=O) groups is 2. The van der Waals surface area contributed by atoms with Gasteiger partial charge in [-0.2, -0.15) is 10.2 Å². The zero-order valence-electron chi connectivity index (χ0n) is 13.3. The van der Waals surface area contributed by atoms with Crippen LogP contribution in [0.5, 0.6) is 0 Å². The Hall–Kier alpha value is -3.01. The summed E-state index contributed by atoms with van der Waals surface area (Å²) in [7, 11) is 0. The third-order valence-electron chi connectivity index (χ3n) is 3.41. The number of aromatic nitrogens is 4. The smallest absolute Gasteiger partial charge is 0.325 e. The van der Waals surface area contributed by atoms with Gasteiger partial charge >= 0.3 is 5.97 Å². The van der Waals surface area contributed by atoms with E-state index >= 15 is 0 Å². The van der Waals surface area contributed by atoms with Crippen LogP contribution in [0.3, 0.4) is 0 Å². The number of hydrogen-bond acceptors (Lipinski definition) is 4. The van der Waals surface area contributed by atoms with Crippen LogP contribution in [0.1, 0.15) is 16.1 Å². The highest BCUT2D eigenvalue weighted by Gasteiger charge is 2.15. The van der Waals surface area contributed by atoms with Crippen LogP contribution in [0.4, 0.5) is 10.2 Å². The average Bonchev–Trinajstić information content (AvgIpc) is 3.16. The molecule has 0 radical (unpaired) electrons. The van der Waals surface area contributed by atoms with Gasteiger partial charge in [0.15, 0.2) is 11.5 Å².